The second-order valence-corrected chi connectivity index (χ2v) is 6.75. The summed E-state index contributed by atoms with van der Waals surface area (Å²) in [6.45, 7) is 8.37. The average molecular weight is 359 g/mol. The van der Waals surface area contributed by atoms with Crippen molar-refractivity contribution in [3.8, 4) is 0 Å². The molecule has 0 radical (unpaired) electrons. The van der Waals surface area contributed by atoms with Crippen molar-refractivity contribution in [2.45, 2.75) is 19.9 Å². The highest BCUT2D eigenvalue weighted by Gasteiger charge is 2.19. The molecule has 4 nitrogen and oxygen atoms in total. The van der Waals surface area contributed by atoms with Crippen LogP contribution in [0.5, 0.6) is 0 Å². The summed E-state index contributed by atoms with van der Waals surface area (Å²) in [5.41, 5.74) is 1.78. The minimum absolute atomic E-state index is 0.225. The number of nitrogens with one attached hydrogen (secondary N) is 1. The SMILES string of the molecule is CC(C)N1CCN(c2ccc(C(=O)Nc3ccc(F)c(F)c3)cc2)CC1. The van der Waals surface area contributed by atoms with Gasteiger partial charge in [0, 0.05) is 55.2 Å². The number of rotatable bonds is 4. The third-order valence-corrected chi connectivity index (χ3v) is 4.72. The first kappa shape index (κ1) is 18.3. The van der Waals surface area contributed by atoms with Crippen molar-refractivity contribution in [2.75, 3.05) is 36.4 Å². The molecular formula is C20H23F2N3O. The van der Waals surface area contributed by atoms with Crippen molar-refractivity contribution in [3.63, 3.8) is 0 Å². The summed E-state index contributed by atoms with van der Waals surface area (Å²) in [6, 6.07) is 11.2. The molecule has 0 aromatic heterocycles. The minimum atomic E-state index is -0.987. The molecule has 0 bridgehead atoms. The number of hydrogen-bond donors (Lipinski definition) is 1. The number of nitrogens with zero attached hydrogens (tertiary/aromatic N) is 2. The summed E-state index contributed by atoms with van der Waals surface area (Å²) >= 11 is 0. The van der Waals surface area contributed by atoms with Gasteiger partial charge in [0.05, 0.1) is 0 Å². The standard InChI is InChI=1S/C20H23F2N3O/c1-14(2)24-9-11-25(12-10-24)17-6-3-15(4-7-17)20(26)23-16-5-8-18(21)19(22)13-16/h3-8,13-14H,9-12H2,1-2H3,(H,23,26). The molecule has 0 atom stereocenters. The molecule has 138 valence electrons. The van der Waals surface area contributed by atoms with Gasteiger partial charge in [0.2, 0.25) is 0 Å². The van der Waals surface area contributed by atoms with Crippen molar-refractivity contribution in [3.05, 3.63) is 59.7 Å². The fraction of sp³-hybridized carbons (Fsp3) is 0.350. The molecule has 1 heterocycles. The van der Waals surface area contributed by atoms with Crippen LogP contribution < -0.4 is 10.2 Å². The Labute approximate surface area is 152 Å². The van der Waals surface area contributed by atoms with E-state index < -0.39 is 11.6 Å². The Kier molecular flexibility index (Phi) is 5.52. The number of carbonyl (C=O) groups is 1. The second kappa shape index (κ2) is 7.83. The number of halogens is 2. The maximum absolute atomic E-state index is 13.2. The first-order chi connectivity index (χ1) is 12.4. The molecule has 1 fully saturated rings. The summed E-state index contributed by atoms with van der Waals surface area (Å²) < 4.78 is 26.2. The highest BCUT2D eigenvalue weighted by atomic mass is 19.2. The maximum atomic E-state index is 13.2. The number of piperazine rings is 1. The summed E-state index contributed by atoms with van der Waals surface area (Å²) in [5.74, 6) is -2.28. The van der Waals surface area contributed by atoms with Crippen molar-refractivity contribution in [2.24, 2.45) is 0 Å². The summed E-state index contributed by atoms with van der Waals surface area (Å²) in [4.78, 5) is 17.0. The molecule has 1 saturated heterocycles. The molecule has 1 amide bonds. The largest absolute Gasteiger partial charge is 0.369 e. The smallest absolute Gasteiger partial charge is 0.255 e. The molecule has 2 aromatic rings. The lowest BCUT2D eigenvalue weighted by molar-refractivity contribution is 0.102. The monoisotopic (exact) mass is 359 g/mol. The molecule has 3 rings (SSSR count). The second-order valence-electron chi connectivity index (χ2n) is 6.75. The van der Waals surface area contributed by atoms with Crippen LogP contribution in [-0.2, 0) is 0 Å². The Hall–Kier alpha value is -2.47. The quantitative estimate of drug-likeness (QED) is 0.903. The van der Waals surface area contributed by atoms with Crippen LogP contribution in [0, 0.1) is 11.6 Å². The van der Waals surface area contributed by atoms with Gasteiger partial charge in [-0.15, -0.1) is 0 Å². The van der Waals surface area contributed by atoms with Crippen molar-refractivity contribution in [1.29, 1.82) is 0 Å². The molecular weight excluding hydrogens is 336 g/mol. The Bertz CT molecular complexity index is 769. The molecule has 0 aliphatic carbocycles. The zero-order valence-electron chi connectivity index (χ0n) is 15.0. The Morgan fingerprint density at radius 1 is 0.962 bits per heavy atom. The first-order valence-corrected chi connectivity index (χ1v) is 8.79. The Balaban J connectivity index is 1.62. The van der Waals surface area contributed by atoms with Gasteiger partial charge < -0.3 is 10.2 Å². The lowest BCUT2D eigenvalue weighted by Crippen LogP contribution is -2.48. The van der Waals surface area contributed by atoms with Crippen LogP contribution in [0.2, 0.25) is 0 Å². The molecule has 2 aromatic carbocycles. The van der Waals surface area contributed by atoms with E-state index in [2.05, 4.69) is 29.0 Å². The van der Waals surface area contributed by atoms with Crippen LogP contribution >= 0.6 is 0 Å². The lowest BCUT2D eigenvalue weighted by Gasteiger charge is -2.38. The number of anilines is 2. The van der Waals surface area contributed by atoms with E-state index in [0.29, 0.717) is 11.6 Å². The maximum Gasteiger partial charge on any atom is 0.255 e. The highest BCUT2D eigenvalue weighted by Crippen LogP contribution is 2.19. The minimum Gasteiger partial charge on any atom is -0.369 e. The van der Waals surface area contributed by atoms with Gasteiger partial charge in [0.25, 0.3) is 5.91 Å². The van der Waals surface area contributed by atoms with E-state index in [1.807, 2.05) is 12.1 Å². The van der Waals surface area contributed by atoms with Crippen LogP contribution in [-0.4, -0.2) is 43.0 Å². The predicted molar refractivity (Wildman–Crippen MR) is 99.7 cm³/mol. The van der Waals surface area contributed by atoms with E-state index in [0.717, 1.165) is 44.0 Å². The van der Waals surface area contributed by atoms with E-state index in [1.54, 1.807) is 12.1 Å². The highest BCUT2D eigenvalue weighted by molar-refractivity contribution is 6.04. The van der Waals surface area contributed by atoms with Crippen LogP contribution in [0.25, 0.3) is 0 Å². The molecule has 0 saturated carbocycles. The van der Waals surface area contributed by atoms with Gasteiger partial charge >= 0.3 is 0 Å². The van der Waals surface area contributed by atoms with E-state index in [9.17, 15) is 13.6 Å². The average Bonchev–Trinajstić information content (AvgIpc) is 2.65. The van der Waals surface area contributed by atoms with Gasteiger partial charge in [-0.2, -0.15) is 0 Å². The van der Waals surface area contributed by atoms with Crippen LogP contribution in [0.1, 0.15) is 24.2 Å². The molecule has 26 heavy (non-hydrogen) atoms. The van der Waals surface area contributed by atoms with Crippen molar-refractivity contribution < 1.29 is 13.6 Å². The normalized spacial score (nSPS) is 15.3. The topological polar surface area (TPSA) is 35.6 Å². The third kappa shape index (κ3) is 4.19. The van der Waals surface area contributed by atoms with Crippen molar-refractivity contribution >= 4 is 17.3 Å². The molecule has 0 spiro atoms. The fourth-order valence-electron chi connectivity index (χ4n) is 3.10. The van der Waals surface area contributed by atoms with Gasteiger partial charge in [-0.1, -0.05) is 0 Å². The van der Waals surface area contributed by atoms with E-state index in [4.69, 9.17) is 0 Å². The zero-order valence-corrected chi connectivity index (χ0v) is 15.0. The molecule has 1 aliphatic heterocycles. The molecule has 1 N–H and O–H groups in total. The lowest BCUT2D eigenvalue weighted by atomic mass is 10.1. The van der Waals surface area contributed by atoms with Crippen LogP contribution in [0.15, 0.2) is 42.5 Å². The predicted octanol–water partition coefficient (Wildman–Crippen LogP) is 3.75. The summed E-state index contributed by atoms with van der Waals surface area (Å²) in [5, 5.41) is 2.58. The number of hydrogen-bond acceptors (Lipinski definition) is 3. The molecule has 6 heteroatoms. The Morgan fingerprint density at radius 3 is 2.19 bits per heavy atom. The zero-order chi connectivity index (χ0) is 18.7. The van der Waals surface area contributed by atoms with E-state index in [1.165, 1.54) is 6.07 Å². The summed E-state index contributed by atoms with van der Waals surface area (Å²) in [7, 11) is 0. The first-order valence-electron chi connectivity index (χ1n) is 8.79. The van der Waals surface area contributed by atoms with Gasteiger partial charge in [0.1, 0.15) is 0 Å². The third-order valence-electron chi connectivity index (χ3n) is 4.72. The molecule has 0 unspecified atom stereocenters. The van der Waals surface area contributed by atoms with Gasteiger partial charge in [-0.05, 0) is 50.2 Å². The van der Waals surface area contributed by atoms with Crippen LogP contribution in [0.4, 0.5) is 20.2 Å². The van der Waals surface area contributed by atoms with Crippen LogP contribution in [0.3, 0.4) is 0 Å². The van der Waals surface area contributed by atoms with Gasteiger partial charge in [0.15, 0.2) is 11.6 Å². The number of benzene rings is 2. The van der Waals surface area contributed by atoms with Crippen molar-refractivity contribution in [1.82, 2.24) is 4.90 Å². The number of carbonyl (C=O) groups excluding carboxylic acids is 1. The van der Waals surface area contributed by atoms with Gasteiger partial charge in [-0.3, -0.25) is 9.69 Å². The molecule has 1 aliphatic rings. The summed E-state index contributed by atoms with van der Waals surface area (Å²) in [6.07, 6.45) is 0. The van der Waals surface area contributed by atoms with Gasteiger partial charge in [-0.25, -0.2) is 8.78 Å². The van der Waals surface area contributed by atoms with E-state index in [-0.39, 0.29) is 11.6 Å². The fourth-order valence-corrected chi connectivity index (χ4v) is 3.10. The Morgan fingerprint density at radius 2 is 1.62 bits per heavy atom. The van der Waals surface area contributed by atoms with E-state index >= 15 is 0 Å². The number of amides is 1.